The van der Waals surface area contributed by atoms with E-state index in [1.165, 1.54) is 23.9 Å². The van der Waals surface area contributed by atoms with Crippen LogP contribution in [-0.2, 0) is 0 Å². The van der Waals surface area contributed by atoms with Crippen molar-refractivity contribution in [3.63, 3.8) is 0 Å². The summed E-state index contributed by atoms with van der Waals surface area (Å²) in [6.45, 7) is 1.95. The summed E-state index contributed by atoms with van der Waals surface area (Å²) in [5, 5.41) is 8.76. The summed E-state index contributed by atoms with van der Waals surface area (Å²) in [6, 6.07) is 11.6. The standard InChI is InChI=1S/C14H11FO2S/c1-9-4-2-3-5-12(9)18-13-7-6-10(14(16)17)8-11(13)15/h2-8H,1H3,(H,16,17). The van der Waals surface area contributed by atoms with Gasteiger partial charge in [0.05, 0.1) is 5.56 Å². The van der Waals surface area contributed by atoms with Crippen LogP contribution >= 0.6 is 11.8 Å². The Morgan fingerprint density at radius 2 is 1.89 bits per heavy atom. The van der Waals surface area contributed by atoms with Crippen molar-refractivity contribution in [2.24, 2.45) is 0 Å². The summed E-state index contributed by atoms with van der Waals surface area (Å²) in [6.07, 6.45) is 0. The topological polar surface area (TPSA) is 37.3 Å². The van der Waals surface area contributed by atoms with Crippen molar-refractivity contribution < 1.29 is 14.3 Å². The van der Waals surface area contributed by atoms with Crippen LogP contribution in [0.15, 0.2) is 52.3 Å². The molecule has 0 spiro atoms. The first-order valence-corrected chi connectivity index (χ1v) is 6.16. The lowest BCUT2D eigenvalue weighted by Crippen LogP contribution is -1.97. The van der Waals surface area contributed by atoms with Crippen molar-refractivity contribution in [1.29, 1.82) is 0 Å². The number of aromatic carboxylic acids is 1. The zero-order valence-corrected chi connectivity index (χ0v) is 10.5. The van der Waals surface area contributed by atoms with Crippen LogP contribution in [0.3, 0.4) is 0 Å². The summed E-state index contributed by atoms with van der Waals surface area (Å²) in [5.41, 5.74) is 1.02. The van der Waals surface area contributed by atoms with E-state index in [4.69, 9.17) is 5.11 Å². The van der Waals surface area contributed by atoms with Gasteiger partial charge < -0.3 is 5.11 Å². The van der Waals surface area contributed by atoms with Crippen molar-refractivity contribution in [3.05, 3.63) is 59.4 Å². The Balaban J connectivity index is 2.30. The van der Waals surface area contributed by atoms with Gasteiger partial charge in [0.15, 0.2) is 0 Å². The zero-order chi connectivity index (χ0) is 13.1. The Morgan fingerprint density at radius 1 is 1.17 bits per heavy atom. The molecule has 0 saturated carbocycles. The molecule has 0 amide bonds. The lowest BCUT2D eigenvalue weighted by atomic mass is 10.2. The van der Waals surface area contributed by atoms with Gasteiger partial charge in [0.1, 0.15) is 5.82 Å². The number of carboxylic acid groups (broad SMARTS) is 1. The highest BCUT2D eigenvalue weighted by atomic mass is 32.2. The maximum absolute atomic E-state index is 13.7. The number of hydrogen-bond acceptors (Lipinski definition) is 2. The molecule has 2 aromatic rings. The van der Waals surface area contributed by atoms with Gasteiger partial charge in [-0.2, -0.15) is 0 Å². The average Bonchev–Trinajstić information content (AvgIpc) is 2.34. The van der Waals surface area contributed by atoms with Crippen LogP contribution in [0.4, 0.5) is 4.39 Å². The third-order valence-electron chi connectivity index (χ3n) is 2.49. The number of rotatable bonds is 3. The Hall–Kier alpha value is -1.81. The lowest BCUT2D eigenvalue weighted by Gasteiger charge is -2.06. The number of benzene rings is 2. The molecule has 0 atom stereocenters. The number of halogens is 1. The predicted octanol–water partition coefficient (Wildman–Crippen LogP) is 3.98. The minimum absolute atomic E-state index is 0.0402. The van der Waals surface area contributed by atoms with E-state index in [1.54, 1.807) is 0 Å². The van der Waals surface area contributed by atoms with Crippen LogP contribution in [0.5, 0.6) is 0 Å². The smallest absolute Gasteiger partial charge is 0.335 e. The molecule has 0 aliphatic carbocycles. The second-order valence-corrected chi connectivity index (χ2v) is 4.90. The molecule has 2 nitrogen and oxygen atoms in total. The van der Waals surface area contributed by atoms with Gasteiger partial charge in [0, 0.05) is 9.79 Å². The molecule has 2 rings (SSSR count). The number of hydrogen-bond donors (Lipinski definition) is 1. The molecule has 0 fully saturated rings. The third-order valence-corrected chi connectivity index (χ3v) is 3.72. The molecular formula is C14H11FO2S. The molecule has 0 aromatic heterocycles. The molecule has 0 aliphatic heterocycles. The van der Waals surface area contributed by atoms with Crippen molar-refractivity contribution in [2.75, 3.05) is 0 Å². The summed E-state index contributed by atoms with van der Waals surface area (Å²) >= 11 is 1.29. The van der Waals surface area contributed by atoms with Gasteiger partial charge in [-0.15, -0.1) is 0 Å². The Morgan fingerprint density at radius 3 is 2.50 bits per heavy atom. The second kappa shape index (κ2) is 5.23. The monoisotopic (exact) mass is 262 g/mol. The van der Waals surface area contributed by atoms with Crippen molar-refractivity contribution in [1.82, 2.24) is 0 Å². The van der Waals surface area contributed by atoms with Crippen LogP contribution in [-0.4, -0.2) is 11.1 Å². The van der Waals surface area contributed by atoms with E-state index in [0.717, 1.165) is 16.5 Å². The van der Waals surface area contributed by atoms with Crippen LogP contribution < -0.4 is 0 Å². The number of carboxylic acids is 1. The number of aryl methyl sites for hydroxylation is 1. The Labute approximate surface area is 108 Å². The van der Waals surface area contributed by atoms with Crippen molar-refractivity contribution >= 4 is 17.7 Å². The molecule has 4 heteroatoms. The Bertz CT molecular complexity index is 596. The lowest BCUT2D eigenvalue weighted by molar-refractivity contribution is 0.0696. The number of carbonyl (C=O) groups is 1. The van der Waals surface area contributed by atoms with E-state index in [0.29, 0.717) is 4.90 Å². The molecule has 2 aromatic carbocycles. The molecular weight excluding hydrogens is 251 g/mol. The molecule has 18 heavy (non-hydrogen) atoms. The normalized spacial score (nSPS) is 10.3. The first-order valence-electron chi connectivity index (χ1n) is 5.34. The molecule has 0 unspecified atom stereocenters. The maximum Gasteiger partial charge on any atom is 0.335 e. The fourth-order valence-corrected chi connectivity index (χ4v) is 2.41. The fourth-order valence-electron chi connectivity index (χ4n) is 1.51. The van der Waals surface area contributed by atoms with Gasteiger partial charge in [-0.1, -0.05) is 30.0 Å². The molecule has 0 bridgehead atoms. The van der Waals surface area contributed by atoms with Crippen LogP contribution in [0.25, 0.3) is 0 Å². The van der Waals surface area contributed by atoms with E-state index in [9.17, 15) is 9.18 Å². The van der Waals surface area contributed by atoms with E-state index in [-0.39, 0.29) is 5.56 Å². The van der Waals surface area contributed by atoms with Crippen LogP contribution in [0.1, 0.15) is 15.9 Å². The van der Waals surface area contributed by atoms with E-state index < -0.39 is 11.8 Å². The van der Waals surface area contributed by atoms with Gasteiger partial charge >= 0.3 is 5.97 Å². The van der Waals surface area contributed by atoms with Crippen molar-refractivity contribution in [3.8, 4) is 0 Å². The summed E-state index contributed by atoms with van der Waals surface area (Å²) in [7, 11) is 0. The van der Waals surface area contributed by atoms with Gasteiger partial charge in [-0.3, -0.25) is 0 Å². The van der Waals surface area contributed by atoms with Gasteiger partial charge in [-0.05, 0) is 36.8 Å². The van der Waals surface area contributed by atoms with E-state index >= 15 is 0 Å². The SMILES string of the molecule is Cc1ccccc1Sc1ccc(C(=O)O)cc1F. The van der Waals surface area contributed by atoms with Crippen LogP contribution in [0.2, 0.25) is 0 Å². The third kappa shape index (κ3) is 2.71. The van der Waals surface area contributed by atoms with E-state index in [2.05, 4.69) is 0 Å². The van der Waals surface area contributed by atoms with Gasteiger partial charge in [0.25, 0.3) is 0 Å². The minimum Gasteiger partial charge on any atom is -0.478 e. The highest BCUT2D eigenvalue weighted by molar-refractivity contribution is 7.99. The van der Waals surface area contributed by atoms with E-state index in [1.807, 2.05) is 31.2 Å². The average molecular weight is 262 g/mol. The summed E-state index contributed by atoms with van der Waals surface area (Å²) < 4.78 is 13.7. The predicted molar refractivity (Wildman–Crippen MR) is 68.7 cm³/mol. The second-order valence-electron chi connectivity index (χ2n) is 3.82. The minimum atomic E-state index is -1.12. The summed E-state index contributed by atoms with van der Waals surface area (Å²) in [5.74, 6) is -1.63. The molecule has 0 saturated heterocycles. The zero-order valence-electron chi connectivity index (χ0n) is 9.68. The van der Waals surface area contributed by atoms with Crippen molar-refractivity contribution in [2.45, 2.75) is 16.7 Å². The highest BCUT2D eigenvalue weighted by Gasteiger charge is 2.10. The molecule has 92 valence electrons. The molecule has 1 N–H and O–H groups in total. The Kier molecular flexibility index (Phi) is 3.67. The van der Waals surface area contributed by atoms with Crippen LogP contribution in [0, 0.1) is 12.7 Å². The molecule has 0 aliphatic rings. The molecule has 0 radical (unpaired) electrons. The fraction of sp³-hybridized carbons (Fsp3) is 0.0714. The first-order chi connectivity index (χ1) is 8.58. The quantitative estimate of drug-likeness (QED) is 0.909. The van der Waals surface area contributed by atoms with Gasteiger partial charge in [0.2, 0.25) is 0 Å². The first kappa shape index (κ1) is 12.6. The largest absolute Gasteiger partial charge is 0.478 e. The molecule has 0 heterocycles. The maximum atomic E-state index is 13.7. The summed E-state index contributed by atoms with van der Waals surface area (Å²) in [4.78, 5) is 12.1. The highest BCUT2D eigenvalue weighted by Crippen LogP contribution is 2.32. The van der Waals surface area contributed by atoms with Gasteiger partial charge in [-0.25, -0.2) is 9.18 Å².